The molecule has 0 radical (unpaired) electrons. The minimum atomic E-state index is 0.166. The predicted octanol–water partition coefficient (Wildman–Crippen LogP) is 2.63. The van der Waals surface area contributed by atoms with Gasteiger partial charge in [-0.2, -0.15) is 11.8 Å². The molecule has 0 spiro atoms. The highest BCUT2D eigenvalue weighted by atomic mass is 32.2. The average molecular weight is 256 g/mol. The van der Waals surface area contributed by atoms with Gasteiger partial charge in [-0.3, -0.25) is 0 Å². The molecule has 3 heteroatoms. The van der Waals surface area contributed by atoms with E-state index < -0.39 is 0 Å². The Bertz CT molecular complexity index is 251. The summed E-state index contributed by atoms with van der Waals surface area (Å²) in [7, 11) is 0. The van der Waals surface area contributed by atoms with Crippen molar-refractivity contribution in [3.8, 4) is 0 Å². The zero-order chi connectivity index (χ0) is 12.4. The summed E-state index contributed by atoms with van der Waals surface area (Å²) in [5, 5.41) is 3.83. The molecule has 2 aliphatic rings. The van der Waals surface area contributed by atoms with E-state index in [4.69, 9.17) is 5.73 Å². The Morgan fingerprint density at radius 3 is 2.65 bits per heavy atom. The Kier molecular flexibility index (Phi) is 4.43. The summed E-state index contributed by atoms with van der Waals surface area (Å²) >= 11 is 2.06. The molecule has 3 N–H and O–H groups in total. The first-order valence-electron chi connectivity index (χ1n) is 7.12. The molecular weight excluding hydrogens is 228 g/mol. The van der Waals surface area contributed by atoms with E-state index in [-0.39, 0.29) is 5.54 Å². The van der Waals surface area contributed by atoms with Gasteiger partial charge in [-0.05, 0) is 36.5 Å². The average Bonchev–Trinajstić information content (AvgIpc) is 2.24. The van der Waals surface area contributed by atoms with E-state index in [9.17, 15) is 0 Å². The molecule has 2 rings (SSSR count). The topological polar surface area (TPSA) is 38.0 Å². The highest BCUT2D eigenvalue weighted by molar-refractivity contribution is 7.99. The lowest BCUT2D eigenvalue weighted by molar-refractivity contribution is 0.131. The van der Waals surface area contributed by atoms with Crippen molar-refractivity contribution in [1.29, 1.82) is 0 Å². The Balaban J connectivity index is 1.87. The van der Waals surface area contributed by atoms with Crippen LogP contribution >= 0.6 is 11.8 Å². The van der Waals surface area contributed by atoms with Gasteiger partial charge in [0.15, 0.2) is 0 Å². The maximum absolute atomic E-state index is 6.10. The van der Waals surface area contributed by atoms with Gasteiger partial charge in [-0.25, -0.2) is 0 Å². The number of nitrogens with two attached hydrogens (primary N) is 1. The third kappa shape index (κ3) is 2.82. The Morgan fingerprint density at radius 1 is 1.35 bits per heavy atom. The molecule has 2 fully saturated rings. The monoisotopic (exact) mass is 256 g/mol. The van der Waals surface area contributed by atoms with Crippen LogP contribution < -0.4 is 11.1 Å². The van der Waals surface area contributed by atoms with Gasteiger partial charge in [-0.1, -0.05) is 33.1 Å². The summed E-state index contributed by atoms with van der Waals surface area (Å²) in [5.74, 6) is 3.47. The second kappa shape index (κ2) is 5.50. The molecule has 1 heterocycles. The molecule has 0 aromatic heterocycles. The lowest BCUT2D eigenvalue weighted by Crippen LogP contribution is -2.64. The molecule has 1 saturated carbocycles. The maximum atomic E-state index is 6.10. The zero-order valence-electron chi connectivity index (χ0n) is 11.4. The summed E-state index contributed by atoms with van der Waals surface area (Å²) in [6.45, 7) is 6.70. The summed E-state index contributed by atoms with van der Waals surface area (Å²) in [5.41, 5.74) is 6.61. The smallest absolute Gasteiger partial charge is 0.0447 e. The number of nitrogens with one attached hydrogen (secondary N) is 1. The zero-order valence-corrected chi connectivity index (χ0v) is 12.2. The summed E-state index contributed by atoms with van der Waals surface area (Å²) < 4.78 is 0. The van der Waals surface area contributed by atoms with E-state index in [0.717, 1.165) is 19.0 Å². The predicted molar refractivity (Wildman–Crippen MR) is 77.5 cm³/mol. The molecule has 1 saturated heterocycles. The molecule has 0 amide bonds. The van der Waals surface area contributed by atoms with Crippen LogP contribution in [0.15, 0.2) is 0 Å². The van der Waals surface area contributed by atoms with E-state index in [2.05, 4.69) is 30.9 Å². The van der Waals surface area contributed by atoms with Crippen LogP contribution in [0.5, 0.6) is 0 Å². The Hall–Kier alpha value is 0.270. The van der Waals surface area contributed by atoms with E-state index in [0.29, 0.717) is 5.41 Å². The van der Waals surface area contributed by atoms with E-state index in [1.165, 1.54) is 43.6 Å². The largest absolute Gasteiger partial charge is 0.329 e. The SMILES string of the molecule is CC1(C)CCSCC1(CN)NCCC1CCC1. The van der Waals surface area contributed by atoms with Crippen LogP contribution in [0.2, 0.25) is 0 Å². The highest BCUT2D eigenvalue weighted by Crippen LogP contribution is 2.42. The summed E-state index contributed by atoms with van der Waals surface area (Å²) in [4.78, 5) is 0. The number of thioether (sulfide) groups is 1. The molecule has 2 nitrogen and oxygen atoms in total. The molecule has 0 aromatic rings. The fraction of sp³-hybridized carbons (Fsp3) is 1.00. The third-order valence-electron chi connectivity index (χ3n) is 5.10. The molecule has 1 atom stereocenters. The van der Waals surface area contributed by atoms with Gasteiger partial charge in [0.05, 0.1) is 0 Å². The van der Waals surface area contributed by atoms with Gasteiger partial charge in [0.1, 0.15) is 0 Å². The first-order valence-corrected chi connectivity index (χ1v) is 8.28. The van der Waals surface area contributed by atoms with Gasteiger partial charge in [0.2, 0.25) is 0 Å². The van der Waals surface area contributed by atoms with Gasteiger partial charge in [-0.15, -0.1) is 0 Å². The Morgan fingerprint density at radius 2 is 2.12 bits per heavy atom. The molecule has 17 heavy (non-hydrogen) atoms. The van der Waals surface area contributed by atoms with Crippen LogP contribution in [0.3, 0.4) is 0 Å². The van der Waals surface area contributed by atoms with Gasteiger partial charge in [0, 0.05) is 17.8 Å². The lowest BCUT2D eigenvalue weighted by Gasteiger charge is -2.50. The molecule has 1 aliphatic heterocycles. The number of hydrogen-bond donors (Lipinski definition) is 2. The lowest BCUT2D eigenvalue weighted by atomic mass is 9.70. The summed E-state index contributed by atoms with van der Waals surface area (Å²) in [6, 6.07) is 0. The molecular formula is C14H28N2S. The standard InChI is InChI=1S/C14H28N2S/c1-13(2)7-9-17-11-14(13,10-15)16-8-6-12-4-3-5-12/h12,16H,3-11,15H2,1-2H3. The highest BCUT2D eigenvalue weighted by Gasteiger charge is 2.45. The van der Waals surface area contributed by atoms with E-state index in [1.807, 2.05) is 0 Å². The van der Waals surface area contributed by atoms with Crippen molar-refractivity contribution in [1.82, 2.24) is 5.32 Å². The van der Waals surface area contributed by atoms with Crippen LogP contribution in [0, 0.1) is 11.3 Å². The molecule has 100 valence electrons. The van der Waals surface area contributed by atoms with Gasteiger partial charge in [0.25, 0.3) is 0 Å². The molecule has 1 aliphatic carbocycles. The minimum absolute atomic E-state index is 0.166. The van der Waals surface area contributed by atoms with Crippen molar-refractivity contribution >= 4 is 11.8 Å². The second-order valence-electron chi connectivity index (χ2n) is 6.49. The fourth-order valence-electron chi connectivity index (χ4n) is 3.00. The van der Waals surface area contributed by atoms with Gasteiger partial charge < -0.3 is 11.1 Å². The number of hydrogen-bond acceptors (Lipinski definition) is 3. The van der Waals surface area contributed by atoms with Crippen LogP contribution in [0.25, 0.3) is 0 Å². The Labute approximate surface area is 110 Å². The molecule has 1 unspecified atom stereocenters. The summed E-state index contributed by atoms with van der Waals surface area (Å²) in [6.07, 6.45) is 6.99. The second-order valence-corrected chi connectivity index (χ2v) is 7.59. The molecule has 0 aromatic carbocycles. The first kappa shape index (κ1) is 13.7. The van der Waals surface area contributed by atoms with Crippen LogP contribution in [0.4, 0.5) is 0 Å². The van der Waals surface area contributed by atoms with Gasteiger partial charge >= 0.3 is 0 Å². The van der Waals surface area contributed by atoms with Crippen molar-refractivity contribution in [3.05, 3.63) is 0 Å². The van der Waals surface area contributed by atoms with Crippen molar-refractivity contribution in [2.24, 2.45) is 17.1 Å². The maximum Gasteiger partial charge on any atom is 0.0447 e. The first-order chi connectivity index (χ1) is 8.10. The minimum Gasteiger partial charge on any atom is -0.329 e. The van der Waals surface area contributed by atoms with Crippen LogP contribution in [0.1, 0.15) is 46.0 Å². The number of rotatable bonds is 5. The third-order valence-corrected chi connectivity index (χ3v) is 6.29. The van der Waals surface area contributed by atoms with Crippen molar-refractivity contribution < 1.29 is 0 Å². The quantitative estimate of drug-likeness (QED) is 0.794. The van der Waals surface area contributed by atoms with E-state index in [1.54, 1.807) is 0 Å². The van der Waals surface area contributed by atoms with Crippen LogP contribution in [-0.4, -0.2) is 30.1 Å². The van der Waals surface area contributed by atoms with Crippen molar-refractivity contribution in [2.75, 3.05) is 24.6 Å². The normalized spacial score (nSPS) is 33.4. The van der Waals surface area contributed by atoms with E-state index >= 15 is 0 Å². The molecule has 0 bridgehead atoms. The van der Waals surface area contributed by atoms with Crippen molar-refractivity contribution in [3.63, 3.8) is 0 Å². The van der Waals surface area contributed by atoms with Crippen LogP contribution in [-0.2, 0) is 0 Å². The van der Waals surface area contributed by atoms with Crippen molar-refractivity contribution in [2.45, 2.75) is 51.5 Å². The fourth-order valence-corrected chi connectivity index (χ4v) is 4.76.